The van der Waals surface area contributed by atoms with Gasteiger partial charge in [0.15, 0.2) is 0 Å². The second kappa shape index (κ2) is 10.2. The minimum Gasteiger partial charge on any atom is -0.487 e. The van der Waals surface area contributed by atoms with Crippen molar-refractivity contribution in [3.8, 4) is 5.75 Å². The van der Waals surface area contributed by atoms with Crippen LogP contribution in [0, 0.1) is 12.8 Å². The molecule has 1 saturated heterocycles. The number of piperidine rings is 1. The number of carbonyl (C=O) groups is 1. The van der Waals surface area contributed by atoms with Crippen LogP contribution < -0.4 is 10.1 Å². The summed E-state index contributed by atoms with van der Waals surface area (Å²) in [5.41, 5.74) is 1.78. The molecule has 3 rings (SSSR count). The number of nitrogens with zero attached hydrogens (tertiary/aromatic N) is 2. The van der Waals surface area contributed by atoms with Gasteiger partial charge in [0.1, 0.15) is 12.4 Å². The average molecular weight is 450 g/mol. The van der Waals surface area contributed by atoms with Crippen LogP contribution in [0.25, 0.3) is 6.08 Å². The van der Waals surface area contributed by atoms with Crippen LogP contribution in [-0.2, 0) is 21.4 Å². The highest BCUT2D eigenvalue weighted by atomic mass is 32.2. The first kappa shape index (κ1) is 22.5. The quantitative estimate of drug-likeness (QED) is 0.626. The number of amides is 1. The first-order valence-corrected chi connectivity index (χ1v) is 12.6. The molecule has 2 heterocycles. The van der Waals surface area contributed by atoms with Gasteiger partial charge in [-0.2, -0.15) is 0 Å². The maximum atomic E-state index is 12.1. The Bertz CT molecular complexity index is 993. The lowest BCUT2D eigenvalue weighted by atomic mass is 9.98. The molecule has 7 nitrogen and oxygen atoms in total. The van der Waals surface area contributed by atoms with Crippen LogP contribution in [0.2, 0.25) is 0 Å². The molecule has 0 spiro atoms. The average Bonchev–Trinajstić information content (AvgIpc) is 3.14. The SMILES string of the molecule is Cc1nc(COc2cccc(/C=C/C(=O)NCC3CCN(S(C)(=O)=O)CC3)c2)cs1. The maximum absolute atomic E-state index is 12.1. The van der Waals surface area contributed by atoms with Gasteiger partial charge in [0.25, 0.3) is 0 Å². The Morgan fingerprint density at radius 1 is 1.37 bits per heavy atom. The van der Waals surface area contributed by atoms with Gasteiger partial charge in [-0.05, 0) is 49.5 Å². The third-order valence-electron chi connectivity index (χ3n) is 4.95. The molecule has 162 valence electrons. The van der Waals surface area contributed by atoms with Gasteiger partial charge >= 0.3 is 0 Å². The summed E-state index contributed by atoms with van der Waals surface area (Å²) in [7, 11) is -3.12. The Hall–Kier alpha value is -2.23. The van der Waals surface area contributed by atoms with Crippen molar-refractivity contribution in [3.63, 3.8) is 0 Å². The predicted octanol–water partition coefficient (Wildman–Crippen LogP) is 2.83. The number of hydrogen-bond acceptors (Lipinski definition) is 6. The third-order valence-corrected chi connectivity index (χ3v) is 7.07. The fraction of sp³-hybridized carbons (Fsp3) is 0.429. The van der Waals surface area contributed by atoms with E-state index >= 15 is 0 Å². The molecular weight excluding hydrogens is 422 g/mol. The largest absolute Gasteiger partial charge is 0.487 e. The van der Waals surface area contributed by atoms with Crippen LogP contribution in [0.1, 0.15) is 29.1 Å². The summed E-state index contributed by atoms with van der Waals surface area (Å²) in [6.07, 6.45) is 6.01. The second-order valence-electron chi connectivity index (χ2n) is 7.40. The second-order valence-corrected chi connectivity index (χ2v) is 10.4. The Morgan fingerprint density at radius 2 is 2.13 bits per heavy atom. The summed E-state index contributed by atoms with van der Waals surface area (Å²) in [5, 5.41) is 5.90. The summed E-state index contributed by atoms with van der Waals surface area (Å²) in [5.74, 6) is 0.858. The van der Waals surface area contributed by atoms with E-state index in [-0.39, 0.29) is 5.91 Å². The van der Waals surface area contributed by atoms with Gasteiger partial charge in [-0.15, -0.1) is 11.3 Å². The number of carbonyl (C=O) groups excluding carboxylic acids is 1. The molecule has 1 amide bonds. The fourth-order valence-corrected chi connectivity index (χ4v) is 4.73. The van der Waals surface area contributed by atoms with Crippen molar-refractivity contribution in [1.82, 2.24) is 14.6 Å². The number of rotatable bonds is 8. The standard InChI is InChI=1S/C21H27N3O4S2/c1-16-23-19(15-29-16)14-28-20-5-3-4-17(12-20)6-7-21(25)22-13-18-8-10-24(11-9-18)30(2,26)27/h3-7,12,15,18H,8-11,13-14H2,1-2H3,(H,22,25)/b7-6+. The number of benzene rings is 1. The molecule has 1 aliphatic rings. The van der Waals surface area contributed by atoms with Crippen molar-refractivity contribution < 1.29 is 17.9 Å². The summed E-state index contributed by atoms with van der Waals surface area (Å²) in [6, 6.07) is 7.54. The zero-order valence-corrected chi connectivity index (χ0v) is 18.8. The van der Waals surface area contributed by atoms with E-state index in [0.29, 0.717) is 32.2 Å². The monoisotopic (exact) mass is 449 g/mol. The summed E-state index contributed by atoms with van der Waals surface area (Å²) >= 11 is 1.59. The predicted molar refractivity (Wildman–Crippen MR) is 119 cm³/mol. The molecule has 0 radical (unpaired) electrons. The highest BCUT2D eigenvalue weighted by molar-refractivity contribution is 7.88. The van der Waals surface area contributed by atoms with E-state index in [4.69, 9.17) is 4.74 Å². The molecule has 30 heavy (non-hydrogen) atoms. The first-order valence-electron chi connectivity index (χ1n) is 9.84. The van der Waals surface area contributed by atoms with E-state index in [1.165, 1.54) is 16.6 Å². The Balaban J connectivity index is 1.43. The van der Waals surface area contributed by atoms with Crippen molar-refractivity contribution in [3.05, 3.63) is 52.0 Å². The van der Waals surface area contributed by atoms with Crippen LogP contribution >= 0.6 is 11.3 Å². The van der Waals surface area contributed by atoms with E-state index in [2.05, 4.69) is 10.3 Å². The normalized spacial score (nSPS) is 16.1. The van der Waals surface area contributed by atoms with Crippen LogP contribution in [0.3, 0.4) is 0 Å². The Labute approximate surface area is 181 Å². The van der Waals surface area contributed by atoms with Crippen LogP contribution in [-0.4, -0.2) is 49.5 Å². The molecule has 1 fully saturated rings. The smallest absolute Gasteiger partial charge is 0.244 e. The third kappa shape index (κ3) is 6.93. The summed E-state index contributed by atoms with van der Waals surface area (Å²) in [6.45, 7) is 3.96. The molecule has 1 N–H and O–H groups in total. The van der Waals surface area contributed by atoms with E-state index in [1.54, 1.807) is 17.4 Å². The molecule has 0 aliphatic carbocycles. The minimum atomic E-state index is -3.12. The molecule has 1 aromatic carbocycles. The highest BCUT2D eigenvalue weighted by Crippen LogP contribution is 2.19. The topological polar surface area (TPSA) is 88.6 Å². The lowest BCUT2D eigenvalue weighted by Crippen LogP contribution is -2.40. The molecule has 0 bridgehead atoms. The number of aromatic nitrogens is 1. The molecular formula is C21H27N3O4S2. The molecule has 1 aliphatic heterocycles. The fourth-order valence-electron chi connectivity index (χ4n) is 3.26. The van der Waals surface area contributed by atoms with Crippen LogP contribution in [0.4, 0.5) is 0 Å². The number of nitrogens with one attached hydrogen (secondary N) is 1. The Morgan fingerprint density at radius 3 is 2.80 bits per heavy atom. The zero-order chi connectivity index (χ0) is 21.6. The molecule has 1 aromatic heterocycles. The van der Waals surface area contributed by atoms with Gasteiger partial charge in [0.05, 0.1) is 17.0 Å². The lowest BCUT2D eigenvalue weighted by molar-refractivity contribution is -0.116. The molecule has 0 saturated carbocycles. The van der Waals surface area contributed by atoms with Gasteiger partial charge < -0.3 is 10.1 Å². The summed E-state index contributed by atoms with van der Waals surface area (Å²) < 4.78 is 30.4. The van der Waals surface area contributed by atoms with Crippen LogP contribution in [0.15, 0.2) is 35.7 Å². The van der Waals surface area contributed by atoms with Crippen molar-refractivity contribution in [2.45, 2.75) is 26.4 Å². The molecule has 9 heteroatoms. The lowest BCUT2D eigenvalue weighted by Gasteiger charge is -2.30. The number of thiazole rings is 1. The first-order chi connectivity index (χ1) is 14.3. The highest BCUT2D eigenvalue weighted by Gasteiger charge is 2.24. The van der Waals surface area contributed by atoms with Crippen LogP contribution in [0.5, 0.6) is 5.75 Å². The number of ether oxygens (including phenoxy) is 1. The molecule has 2 aromatic rings. The van der Waals surface area contributed by atoms with E-state index < -0.39 is 10.0 Å². The zero-order valence-electron chi connectivity index (χ0n) is 17.2. The van der Waals surface area contributed by atoms with Crippen molar-refractivity contribution in [1.29, 1.82) is 0 Å². The molecule has 0 atom stereocenters. The van der Waals surface area contributed by atoms with E-state index in [0.717, 1.165) is 34.9 Å². The maximum Gasteiger partial charge on any atom is 0.244 e. The number of aryl methyl sites for hydroxylation is 1. The van der Waals surface area contributed by atoms with Gasteiger partial charge in [-0.3, -0.25) is 4.79 Å². The number of hydrogen-bond donors (Lipinski definition) is 1. The summed E-state index contributed by atoms with van der Waals surface area (Å²) in [4.78, 5) is 16.5. The van der Waals surface area contributed by atoms with E-state index in [9.17, 15) is 13.2 Å². The van der Waals surface area contributed by atoms with Gasteiger partial charge in [0, 0.05) is 31.1 Å². The van der Waals surface area contributed by atoms with E-state index in [1.807, 2.05) is 36.6 Å². The van der Waals surface area contributed by atoms with Crippen molar-refractivity contribution in [2.75, 3.05) is 25.9 Å². The van der Waals surface area contributed by atoms with Gasteiger partial charge in [-0.1, -0.05) is 12.1 Å². The Kier molecular flexibility index (Phi) is 7.63. The van der Waals surface area contributed by atoms with Crippen molar-refractivity contribution in [2.24, 2.45) is 5.92 Å². The number of sulfonamides is 1. The minimum absolute atomic E-state index is 0.162. The molecule has 0 unspecified atom stereocenters. The van der Waals surface area contributed by atoms with Crippen molar-refractivity contribution >= 4 is 33.3 Å². The van der Waals surface area contributed by atoms with Gasteiger partial charge in [0.2, 0.25) is 15.9 Å². The van der Waals surface area contributed by atoms with Gasteiger partial charge in [-0.25, -0.2) is 17.7 Å².